The van der Waals surface area contributed by atoms with E-state index in [1.165, 1.54) is 0 Å². The first kappa shape index (κ1) is 32.8. The highest BCUT2D eigenvalue weighted by atomic mass is 16.4. The van der Waals surface area contributed by atoms with Crippen molar-refractivity contribution >= 4 is 24.1 Å². The van der Waals surface area contributed by atoms with Gasteiger partial charge in [-0.05, 0) is 33.6 Å². The van der Waals surface area contributed by atoms with E-state index in [1.54, 1.807) is 12.2 Å². The molecule has 10 heteroatoms. The van der Waals surface area contributed by atoms with Crippen LogP contribution < -0.4 is 0 Å². The smallest absolute Gasteiger partial charge is 0.331 e. The fourth-order valence-electron chi connectivity index (χ4n) is 1.82. The average molecular weight is 443 g/mol. The topological polar surface area (TPSA) is 174 Å². The van der Waals surface area contributed by atoms with E-state index in [-0.39, 0.29) is 48.8 Å². The first-order chi connectivity index (χ1) is 14.4. The number of aliphatic hydroxyl groups excluding tert-OH is 2. The van der Waals surface area contributed by atoms with Crippen LogP contribution in [0.3, 0.4) is 0 Å². The Labute approximate surface area is 182 Å². The molecule has 0 amide bonds. The number of hydrogen-bond donors (Lipinski definition) is 4. The molecule has 1 atom stereocenters. The van der Waals surface area contributed by atoms with Gasteiger partial charge in [-0.25, -0.2) is 24.2 Å². The van der Waals surface area contributed by atoms with Crippen LogP contribution in [-0.4, -0.2) is 69.3 Å². The van der Waals surface area contributed by atoms with Crippen molar-refractivity contribution in [1.82, 2.24) is 0 Å². The highest BCUT2D eigenvalue weighted by Gasteiger charge is 2.15. The lowest BCUT2D eigenvalue weighted by Gasteiger charge is -2.16. The van der Waals surface area contributed by atoms with Gasteiger partial charge in [-0.3, -0.25) is 0 Å². The molecule has 0 radical (unpaired) electrons. The number of carboxylic acid groups (broad SMARTS) is 2. The quantitative estimate of drug-likeness (QED) is 0.145. The second-order valence-corrected chi connectivity index (χ2v) is 7.10. The van der Waals surface area contributed by atoms with E-state index in [9.17, 15) is 19.2 Å². The van der Waals surface area contributed by atoms with E-state index in [0.717, 1.165) is 25.7 Å². The van der Waals surface area contributed by atoms with Crippen molar-refractivity contribution in [3.63, 3.8) is 0 Å². The number of aliphatic carboxylic acids is 2. The Hall–Kier alpha value is -2.90. The molecule has 10 nitrogen and oxygen atoms in total. The van der Waals surface area contributed by atoms with Gasteiger partial charge >= 0.3 is 11.9 Å². The Bertz CT molecular complexity index is 632. The molecule has 0 bridgehead atoms. The molecule has 31 heavy (non-hydrogen) atoms. The zero-order chi connectivity index (χ0) is 24.9. The molecule has 1 unspecified atom stereocenters. The predicted molar refractivity (Wildman–Crippen MR) is 115 cm³/mol. The first-order valence-electron chi connectivity index (χ1n) is 9.58. The summed E-state index contributed by atoms with van der Waals surface area (Å²) in [6.45, 7) is 11.8. The minimum absolute atomic E-state index is 0.0418. The highest BCUT2D eigenvalue weighted by Crippen LogP contribution is 2.18. The zero-order valence-electron chi connectivity index (χ0n) is 18.5. The zero-order valence-corrected chi connectivity index (χ0v) is 18.5. The average Bonchev–Trinajstić information content (AvgIpc) is 2.67. The van der Waals surface area contributed by atoms with E-state index in [2.05, 4.69) is 23.1 Å². The molecule has 0 saturated carbocycles. The molecule has 0 aliphatic rings. The minimum atomic E-state index is -1.04. The van der Waals surface area contributed by atoms with E-state index in [0.29, 0.717) is 0 Å². The molecular weight excluding hydrogens is 408 g/mol. The molecule has 176 valence electrons. The number of rotatable bonds is 13. The van der Waals surface area contributed by atoms with Crippen LogP contribution in [0.25, 0.3) is 0 Å². The molecule has 0 aromatic carbocycles. The summed E-state index contributed by atoms with van der Waals surface area (Å²) in [6.07, 6.45) is 7.09. The van der Waals surface area contributed by atoms with Crippen LogP contribution in [-0.2, 0) is 19.2 Å². The number of nitrogens with zero attached hydrogens (tertiary/aromatic N) is 2. The van der Waals surface area contributed by atoms with Gasteiger partial charge in [0.1, 0.15) is 0 Å². The van der Waals surface area contributed by atoms with E-state index in [4.69, 9.17) is 20.4 Å². The normalized spacial score (nSPS) is 10.5. The molecule has 0 aromatic heterocycles. The Morgan fingerprint density at radius 2 is 1.39 bits per heavy atom. The lowest BCUT2D eigenvalue weighted by molar-refractivity contribution is -0.133. The monoisotopic (exact) mass is 442 g/mol. The maximum absolute atomic E-state index is 10.1. The Morgan fingerprint density at radius 3 is 1.68 bits per heavy atom. The van der Waals surface area contributed by atoms with Crippen LogP contribution in [0.15, 0.2) is 34.3 Å². The van der Waals surface area contributed by atoms with Crippen molar-refractivity contribution < 1.29 is 39.6 Å². The van der Waals surface area contributed by atoms with E-state index >= 15 is 0 Å². The largest absolute Gasteiger partial charge is 0.478 e. The second-order valence-electron chi connectivity index (χ2n) is 7.10. The summed E-state index contributed by atoms with van der Waals surface area (Å²) >= 11 is 0. The van der Waals surface area contributed by atoms with Crippen LogP contribution in [0, 0.1) is 0 Å². The van der Waals surface area contributed by atoms with E-state index in [1.807, 2.05) is 20.8 Å². The number of carbonyl (C=O) groups excluding carboxylic acids is 2. The predicted octanol–water partition coefficient (Wildman–Crippen LogP) is 2.40. The molecule has 4 N–H and O–H groups in total. The summed E-state index contributed by atoms with van der Waals surface area (Å²) in [5, 5.41) is 32.5. The van der Waals surface area contributed by atoms with Gasteiger partial charge in [-0.15, -0.1) is 0 Å². The molecular formula is C21H34N2O8. The molecule has 0 rings (SSSR count). The van der Waals surface area contributed by atoms with Crippen molar-refractivity contribution in [2.24, 2.45) is 9.98 Å². The maximum Gasteiger partial charge on any atom is 0.331 e. The SMILES string of the molecule is C=C(CCO)C(=O)O.C=C(CCO)C(=O)O.CC(CCCCC(C)(C)N=C=O)N=C=O. The van der Waals surface area contributed by atoms with Crippen molar-refractivity contribution in [2.75, 3.05) is 13.2 Å². The number of aliphatic hydroxyl groups is 2. The van der Waals surface area contributed by atoms with Gasteiger partial charge in [0.05, 0.1) is 11.6 Å². The molecule has 0 saturated heterocycles. The van der Waals surface area contributed by atoms with Crippen molar-refractivity contribution in [2.45, 2.75) is 70.9 Å². The van der Waals surface area contributed by atoms with Crippen LogP contribution in [0.2, 0.25) is 0 Å². The van der Waals surface area contributed by atoms with Crippen LogP contribution in [0.5, 0.6) is 0 Å². The van der Waals surface area contributed by atoms with Gasteiger partial charge in [-0.2, -0.15) is 4.99 Å². The third kappa shape index (κ3) is 25.1. The highest BCUT2D eigenvalue weighted by molar-refractivity contribution is 5.86. The fraction of sp³-hybridized carbons (Fsp3) is 0.619. The molecule has 0 fully saturated rings. The summed E-state index contributed by atoms with van der Waals surface area (Å²) < 4.78 is 0. The summed E-state index contributed by atoms with van der Waals surface area (Å²) in [4.78, 5) is 47.1. The van der Waals surface area contributed by atoms with Gasteiger partial charge < -0.3 is 20.4 Å². The fourth-order valence-corrected chi connectivity index (χ4v) is 1.82. The number of hydrogen-bond acceptors (Lipinski definition) is 8. The summed E-state index contributed by atoms with van der Waals surface area (Å²) in [6, 6.07) is 0.0418. The lowest BCUT2D eigenvalue weighted by Crippen LogP contribution is -2.15. The number of aliphatic imine (C=N–C) groups is 2. The van der Waals surface area contributed by atoms with Gasteiger partial charge in [-0.1, -0.05) is 26.0 Å². The first-order valence-corrected chi connectivity index (χ1v) is 9.58. The Balaban J connectivity index is -0.000000415. The standard InChI is InChI=1S/C11H18N2O2.2C5H8O3/c1-10(12-8-14)6-4-5-7-11(2,3)13-9-15;2*1-4(2-3-6)5(7)8/h10H,4-7H2,1-3H3;2*6H,1-3H2,(H,7,8). The third-order valence-corrected chi connectivity index (χ3v) is 3.71. The lowest BCUT2D eigenvalue weighted by atomic mass is 9.97. The van der Waals surface area contributed by atoms with Crippen molar-refractivity contribution in [3.05, 3.63) is 24.3 Å². The Morgan fingerprint density at radius 1 is 0.935 bits per heavy atom. The molecule has 0 aromatic rings. The molecule has 0 aliphatic carbocycles. The van der Waals surface area contributed by atoms with Crippen LogP contribution in [0.1, 0.15) is 59.3 Å². The van der Waals surface area contributed by atoms with Crippen LogP contribution in [0.4, 0.5) is 0 Å². The van der Waals surface area contributed by atoms with Gasteiger partial charge in [0, 0.05) is 37.2 Å². The third-order valence-electron chi connectivity index (χ3n) is 3.71. The van der Waals surface area contributed by atoms with Gasteiger partial charge in [0.15, 0.2) is 0 Å². The summed E-state index contributed by atoms with van der Waals surface area (Å²) in [7, 11) is 0. The van der Waals surface area contributed by atoms with Crippen molar-refractivity contribution in [1.29, 1.82) is 0 Å². The number of carboxylic acids is 2. The van der Waals surface area contributed by atoms with Gasteiger partial charge in [0.25, 0.3) is 0 Å². The van der Waals surface area contributed by atoms with Crippen molar-refractivity contribution in [3.8, 4) is 0 Å². The maximum atomic E-state index is 10.1. The minimum Gasteiger partial charge on any atom is -0.478 e. The number of isocyanates is 2. The van der Waals surface area contributed by atoms with Gasteiger partial charge in [0.2, 0.25) is 12.2 Å². The summed E-state index contributed by atoms with van der Waals surface area (Å²) in [5.74, 6) is -2.09. The molecule has 0 aliphatic heterocycles. The van der Waals surface area contributed by atoms with E-state index < -0.39 is 11.9 Å². The summed E-state index contributed by atoms with van der Waals surface area (Å²) in [5.41, 5.74) is -0.223. The van der Waals surface area contributed by atoms with Crippen LogP contribution >= 0.6 is 0 Å². The number of carbonyl (C=O) groups is 2. The molecule has 0 spiro atoms. The second kappa shape index (κ2) is 20.4. The Kier molecular flexibility index (Phi) is 21.5. The number of unbranched alkanes of at least 4 members (excludes halogenated alkanes) is 1. The molecule has 0 heterocycles.